The van der Waals surface area contributed by atoms with Gasteiger partial charge in [0.15, 0.2) is 0 Å². The van der Waals surface area contributed by atoms with Crippen LogP contribution in [0.3, 0.4) is 0 Å². The van der Waals surface area contributed by atoms with Crippen LogP contribution in [0, 0.1) is 0 Å². The van der Waals surface area contributed by atoms with Gasteiger partial charge in [-0.15, -0.1) is 0 Å². The van der Waals surface area contributed by atoms with E-state index in [1.165, 1.54) is 23.9 Å². The largest absolute Gasteiger partial charge is 0.462 e. The van der Waals surface area contributed by atoms with Gasteiger partial charge in [0.2, 0.25) is 0 Å². The molecule has 1 atom stereocenters. The molecule has 0 aromatic carbocycles. The summed E-state index contributed by atoms with van der Waals surface area (Å²) >= 11 is 0. The second kappa shape index (κ2) is 5.06. The van der Waals surface area contributed by atoms with E-state index >= 15 is 0 Å². The predicted molar refractivity (Wildman–Crippen MR) is 54.6 cm³/mol. The van der Waals surface area contributed by atoms with E-state index in [4.69, 9.17) is 4.74 Å². The molecule has 2 heterocycles. The Hall–Kier alpha value is -1.17. The van der Waals surface area contributed by atoms with E-state index in [-0.39, 0.29) is 0 Å². The molecule has 84 valence electrons. The van der Waals surface area contributed by atoms with E-state index < -0.39 is 0 Å². The van der Waals surface area contributed by atoms with Crippen LogP contribution in [0.1, 0.15) is 25.7 Å². The maximum Gasteiger partial charge on any atom is 0.335 e. The minimum Gasteiger partial charge on any atom is -0.462 e. The Balaban J connectivity index is 1.68. The van der Waals surface area contributed by atoms with Crippen LogP contribution in [-0.4, -0.2) is 39.4 Å². The highest BCUT2D eigenvalue weighted by Crippen LogP contribution is 2.10. The van der Waals surface area contributed by atoms with Gasteiger partial charge in [0, 0.05) is 13.1 Å². The Morgan fingerprint density at radius 1 is 1.53 bits per heavy atom. The Morgan fingerprint density at radius 3 is 3.13 bits per heavy atom. The molecule has 15 heavy (non-hydrogen) atoms. The number of rotatable bonds is 4. The predicted octanol–water partition coefficient (Wildman–Crippen LogP) is 0.121. The molecule has 1 fully saturated rings. The first-order valence-electron chi connectivity index (χ1n) is 5.45. The highest BCUT2D eigenvalue weighted by atomic mass is 16.5. The molecule has 0 bridgehead atoms. The van der Waals surface area contributed by atoms with Crippen molar-refractivity contribution in [3.8, 4) is 6.01 Å². The monoisotopic (exact) mass is 211 g/mol. The maximum atomic E-state index is 5.47. The first kappa shape index (κ1) is 10.4. The standard InChI is InChI=1S/C9H17N5O/c1-14-9(11-12-13-14)15-7-5-8-4-2-3-6-10-8/h8,10H,2-7H2,1H3. The molecule has 6 nitrogen and oxygen atoms in total. The van der Waals surface area contributed by atoms with E-state index in [0.717, 1.165) is 13.0 Å². The van der Waals surface area contributed by atoms with Crippen LogP contribution in [0.25, 0.3) is 0 Å². The lowest BCUT2D eigenvalue weighted by molar-refractivity contribution is 0.243. The van der Waals surface area contributed by atoms with Crippen molar-refractivity contribution in [3.63, 3.8) is 0 Å². The third-order valence-electron chi connectivity index (χ3n) is 2.69. The Morgan fingerprint density at radius 2 is 2.47 bits per heavy atom. The lowest BCUT2D eigenvalue weighted by Gasteiger charge is -2.22. The molecular formula is C9H17N5O. The average Bonchev–Trinajstić information content (AvgIpc) is 2.66. The molecule has 0 spiro atoms. The van der Waals surface area contributed by atoms with Crippen LogP contribution >= 0.6 is 0 Å². The van der Waals surface area contributed by atoms with Crippen LogP contribution in [0.5, 0.6) is 6.01 Å². The normalized spacial score (nSPS) is 21.5. The molecule has 1 N–H and O–H groups in total. The summed E-state index contributed by atoms with van der Waals surface area (Å²) in [6.07, 6.45) is 4.89. The van der Waals surface area contributed by atoms with Crippen molar-refractivity contribution in [2.45, 2.75) is 31.7 Å². The van der Waals surface area contributed by atoms with Crippen molar-refractivity contribution >= 4 is 0 Å². The second-order valence-electron chi connectivity index (χ2n) is 3.87. The van der Waals surface area contributed by atoms with Crippen molar-refractivity contribution in [1.29, 1.82) is 0 Å². The first-order valence-corrected chi connectivity index (χ1v) is 5.45. The Bertz CT molecular complexity index is 294. The molecule has 1 unspecified atom stereocenters. The van der Waals surface area contributed by atoms with E-state index in [1.54, 1.807) is 7.05 Å². The molecule has 0 aliphatic carbocycles. The molecule has 2 rings (SSSR count). The molecule has 6 heteroatoms. The summed E-state index contributed by atoms with van der Waals surface area (Å²) in [4.78, 5) is 0. The van der Waals surface area contributed by atoms with Gasteiger partial charge >= 0.3 is 6.01 Å². The highest BCUT2D eigenvalue weighted by Gasteiger charge is 2.12. The molecule has 0 amide bonds. The molecular weight excluding hydrogens is 194 g/mol. The molecule has 1 aromatic rings. The minimum atomic E-state index is 0.491. The number of tetrazole rings is 1. The zero-order valence-corrected chi connectivity index (χ0v) is 9.02. The van der Waals surface area contributed by atoms with E-state index in [2.05, 4.69) is 20.8 Å². The van der Waals surface area contributed by atoms with E-state index in [1.807, 2.05) is 0 Å². The van der Waals surface area contributed by atoms with Crippen LogP contribution in [0.4, 0.5) is 0 Å². The number of hydrogen-bond acceptors (Lipinski definition) is 5. The van der Waals surface area contributed by atoms with Crippen molar-refractivity contribution in [2.24, 2.45) is 7.05 Å². The number of nitrogens with one attached hydrogen (secondary N) is 1. The highest BCUT2D eigenvalue weighted by molar-refractivity contribution is 4.85. The summed E-state index contributed by atoms with van der Waals surface area (Å²) in [6.45, 7) is 1.81. The summed E-state index contributed by atoms with van der Waals surface area (Å²) in [5.74, 6) is 0. The van der Waals surface area contributed by atoms with Crippen molar-refractivity contribution in [1.82, 2.24) is 25.5 Å². The summed E-state index contributed by atoms with van der Waals surface area (Å²) in [5, 5.41) is 14.4. The summed E-state index contributed by atoms with van der Waals surface area (Å²) in [6, 6.07) is 1.09. The lowest BCUT2D eigenvalue weighted by atomic mass is 10.0. The fourth-order valence-corrected chi connectivity index (χ4v) is 1.81. The van der Waals surface area contributed by atoms with Gasteiger partial charge in [-0.25, -0.2) is 0 Å². The number of piperidine rings is 1. The molecule has 0 radical (unpaired) electrons. The number of hydrogen-bond donors (Lipinski definition) is 1. The van der Waals surface area contributed by atoms with Gasteiger partial charge in [-0.05, 0) is 36.2 Å². The third-order valence-corrected chi connectivity index (χ3v) is 2.69. The minimum absolute atomic E-state index is 0.491. The van der Waals surface area contributed by atoms with Gasteiger partial charge in [0.05, 0.1) is 6.61 Å². The number of aromatic nitrogens is 4. The zero-order valence-electron chi connectivity index (χ0n) is 9.02. The molecule has 1 saturated heterocycles. The van der Waals surface area contributed by atoms with Crippen molar-refractivity contribution in [2.75, 3.05) is 13.2 Å². The van der Waals surface area contributed by atoms with E-state index in [0.29, 0.717) is 18.7 Å². The smallest absolute Gasteiger partial charge is 0.335 e. The fourth-order valence-electron chi connectivity index (χ4n) is 1.81. The van der Waals surface area contributed by atoms with Crippen LogP contribution in [-0.2, 0) is 7.05 Å². The van der Waals surface area contributed by atoms with Crippen LogP contribution in [0.15, 0.2) is 0 Å². The Kier molecular flexibility index (Phi) is 3.49. The summed E-state index contributed by atoms with van der Waals surface area (Å²) < 4.78 is 7.00. The fraction of sp³-hybridized carbons (Fsp3) is 0.889. The van der Waals surface area contributed by atoms with Gasteiger partial charge < -0.3 is 10.1 Å². The molecule has 0 saturated carbocycles. The third kappa shape index (κ3) is 2.89. The van der Waals surface area contributed by atoms with Gasteiger partial charge in [-0.2, -0.15) is 4.68 Å². The quantitative estimate of drug-likeness (QED) is 0.766. The first-order chi connectivity index (χ1) is 7.36. The number of aryl methyl sites for hydroxylation is 1. The van der Waals surface area contributed by atoms with Crippen LogP contribution in [0.2, 0.25) is 0 Å². The van der Waals surface area contributed by atoms with Gasteiger partial charge in [0.1, 0.15) is 0 Å². The lowest BCUT2D eigenvalue weighted by Crippen LogP contribution is -2.35. The number of ether oxygens (including phenoxy) is 1. The van der Waals surface area contributed by atoms with Gasteiger partial charge in [0.25, 0.3) is 0 Å². The second-order valence-corrected chi connectivity index (χ2v) is 3.87. The van der Waals surface area contributed by atoms with Crippen LogP contribution < -0.4 is 10.1 Å². The summed E-state index contributed by atoms with van der Waals surface area (Å²) in [7, 11) is 1.77. The summed E-state index contributed by atoms with van der Waals surface area (Å²) in [5.41, 5.74) is 0. The van der Waals surface area contributed by atoms with Crippen molar-refractivity contribution in [3.05, 3.63) is 0 Å². The zero-order chi connectivity index (χ0) is 10.5. The van der Waals surface area contributed by atoms with Crippen molar-refractivity contribution < 1.29 is 4.74 Å². The van der Waals surface area contributed by atoms with Gasteiger partial charge in [-0.3, -0.25) is 0 Å². The Labute approximate surface area is 89.0 Å². The number of nitrogens with zero attached hydrogens (tertiary/aromatic N) is 4. The van der Waals surface area contributed by atoms with Gasteiger partial charge in [-0.1, -0.05) is 11.5 Å². The average molecular weight is 211 g/mol. The molecule has 1 aliphatic rings. The molecule has 1 aromatic heterocycles. The SMILES string of the molecule is Cn1nnnc1OCCC1CCCCN1. The van der Waals surface area contributed by atoms with E-state index in [9.17, 15) is 0 Å². The topological polar surface area (TPSA) is 64.9 Å². The maximum absolute atomic E-state index is 5.47. The molecule has 1 aliphatic heterocycles.